The van der Waals surface area contributed by atoms with Gasteiger partial charge in [-0.3, -0.25) is 0 Å². The van der Waals surface area contributed by atoms with Crippen LogP contribution in [0.15, 0.2) is 24.3 Å². The Hall–Kier alpha value is -1.06. The summed E-state index contributed by atoms with van der Waals surface area (Å²) < 4.78 is 5.10. The van der Waals surface area contributed by atoms with Gasteiger partial charge in [0.1, 0.15) is 0 Å². The van der Waals surface area contributed by atoms with Gasteiger partial charge in [0.05, 0.1) is 0 Å². The van der Waals surface area contributed by atoms with Gasteiger partial charge in [-0.05, 0) is 43.4 Å². The molecule has 1 aliphatic carbocycles. The second-order valence-electron chi connectivity index (χ2n) is 5.00. The highest BCUT2D eigenvalue weighted by Crippen LogP contribution is 2.32. The van der Waals surface area contributed by atoms with Gasteiger partial charge in [-0.1, -0.05) is 12.1 Å². The third kappa shape index (κ3) is 3.72. The number of nitrogens with zero attached hydrogens (tertiary/aromatic N) is 1. The van der Waals surface area contributed by atoms with Gasteiger partial charge in [-0.2, -0.15) is 0 Å². The molecule has 0 aliphatic heterocycles. The highest BCUT2D eigenvalue weighted by Gasteiger charge is 2.28. The molecular formula is C15H24N2O. The number of unbranched alkanes of at least 4 members (excludes halogenated alkanes) is 1. The largest absolute Gasteiger partial charge is 0.385 e. The molecule has 18 heavy (non-hydrogen) atoms. The molecule has 1 saturated carbocycles. The third-order valence-electron chi connectivity index (χ3n) is 3.49. The molecule has 2 N–H and O–H groups in total. The Morgan fingerprint density at radius 1 is 1.22 bits per heavy atom. The molecule has 0 aromatic heterocycles. The lowest BCUT2D eigenvalue weighted by Gasteiger charge is -2.25. The quantitative estimate of drug-likeness (QED) is 0.719. The maximum absolute atomic E-state index is 5.63. The molecule has 1 aromatic rings. The standard InChI is InChI=1S/C15H24N2O/c1-18-11-3-2-10-17(15-8-9-15)14-6-4-13(12-16)5-7-14/h4-7,15H,2-3,8-12,16H2,1H3. The molecule has 0 heterocycles. The first-order valence-corrected chi connectivity index (χ1v) is 6.89. The van der Waals surface area contributed by atoms with E-state index >= 15 is 0 Å². The van der Waals surface area contributed by atoms with Crippen LogP contribution >= 0.6 is 0 Å². The van der Waals surface area contributed by atoms with Crippen molar-refractivity contribution >= 4 is 5.69 Å². The summed E-state index contributed by atoms with van der Waals surface area (Å²) in [5, 5.41) is 0. The topological polar surface area (TPSA) is 38.5 Å². The normalized spacial score (nSPS) is 14.8. The first-order chi connectivity index (χ1) is 8.85. The van der Waals surface area contributed by atoms with Crippen LogP contribution in [0.5, 0.6) is 0 Å². The minimum absolute atomic E-state index is 0.623. The molecule has 1 aliphatic rings. The summed E-state index contributed by atoms with van der Waals surface area (Å²) in [6, 6.07) is 9.45. The summed E-state index contributed by atoms with van der Waals surface area (Å²) in [5.41, 5.74) is 8.18. The van der Waals surface area contributed by atoms with Crippen molar-refractivity contribution in [2.24, 2.45) is 5.73 Å². The van der Waals surface area contributed by atoms with Crippen LogP contribution in [-0.2, 0) is 11.3 Å². The summed E-state index contributed by atoms with van der Waals surface area (Å²) in [5.74, 6) is 0. The maximum atomic E-state index is 5.63. The Kier molecular flexibility index (Phi) is 5.02. The predicted octanol–water partition coefficient (Wildman–Crippen LogP) is 2.54. The van der Waals surface area contributed by atoms with E-state index in [1.165, 1.54) is 30.5 Å². The molecule has 0 amide bonds. The summed E-state index contributed by atoms with van der Waals surface area (Å²) in [6.45, 7) is 2.62. The van der Waals surface area contributed by atoms with E-state index in [0.29, 0.717) is 6.54 Å². The molecule has 3 nitrogen and oxygen atoms in total. The fourth-order valence-corrected chi connectivity index (χ4v) is 2.26. The molecule has 2 rings (SSSR count). The number of nitrogens with two attached hydrogens (primary N) is 1. The molecule has 100 valence electrons. The van der Waals surface area contributed by atoms with Crippen molar-refractivity contribution in [2.75, 3.05) is 25.2 Å². The van der Waals surface area contributed by atoms with E-state index in [2.05, 4.69) is 29.2 Å². The van der Waals surface area contributed by atoms with Gasteiger partial charge in [0.15, 0.2) is 0 Å². The van der Waals surface area contributed by atoms with E-state index in [9.17, 15) is 0 Å². The van der Waals surface area contributed by atoms with Gasteiger partial charge >= 0.3 is 0 Å². The van der Waals surface area contributed by atoms with Crippen molar-refractivity contribution in [3.63, 3.8) is 0 Å². The number of hydrogen-bond donors (Lipinski definition) is 1. The van der Waals surface area contributed by atoms with Gasteiger partial charge in [-0.25, -0.2) is 0 Å². The van der Waals surface area contributed by atoms with E-state index in [1.807, 2.05) is 0 Å². The van der Waals surface area contributed by atoms with Crippen molar-refractivity contribution < 1.29 is 4.74 Å². The minimum Gasteiger partial charge on any atom is -0.385 e. The van der Waals surface area contributed by atoms with Crippen LogP contribution in [0.1, 0.15) is 31.2 Å². The maximum Gasteiger partial charge on any atom is 0.0462 e. The number of methoxy groups -OCH3 is 1. The molecule has 0 spiro atoms. The first-order valence-electron chi connectivity index (χ1n) is 6.89. The fourth-order valence-electron chi connectivity index (χ4n) is 2.26. The van der Waals surface area contributed by atoms with E-state index in [1.54, 1.807) is 7.11 Å². The third-order valence-corrected chi connectivity index (χ3v) is 3.49. The van der Waals surface area contributed by atoms with E-state index in [-0.39, 0.29) is 0 Å². The number of benzene rings is 1. The van der Waals surface area contributed by atoms with E-state index in [4.69, 9.17) is 10.5 Å². The predicted molar refractivity (Wildman–Crippen MR) is 75.8 cm³/mol. The molecule has 0 bridgehead atoms. The molecule has 0 radical (unpaired) electrons. The average Bonchev–Trinajstić information content (AvgIpc) is 3.24. The molecule has 0 atom stereocenters. The van der Waals surface area contributed by atoms with Crippen LogP contribution in [0, 0.1) is 0 Å². The summed E-state index contributed by atoms with van der Waals surface area (Å²) in [7, 11) is 1.77. The van der Waals surface area contributed by atoms with Gasteiger partial charge in [0, 0.05) is 38.5 Å². The van der Waals surface area contributed by atoms with Gasteiger partial charge in [0.2, 0.25) is 0 Å². The van der Waals surface area contributed by atoms with Crippen molar-refractivity contribution in [1.82, 2.24) is 0 Å². The smallest absolute Gasteiger partial charge is 0.0462 e. The Labute approximate surface area is 110 Å². The van der Waals surface area contributed by atoms with Gasteiger partial charge in [-0.15, -0.1) is 0 Å². The Morgan fingerprint density at radius 3 is 2.50 bits per heavy atom. The Balaban J connectivity index is 1.91. The van der Waals surface area contributed by atoms with E-state index in [0.717, 1.165) is 25.6 Å². The second kappa shape index (κ2) is 6.76. The first kappa shape index (κ1) is 13.4. The summed E-state index contributed by atoms with van der Waals surface area (Å²) in [4.78, 5) is 2.54. The molecule has 1 fully saturated rings. The molecule has 3 heteroatoms. The van der Waals surface area contributed by atoms with Crippen LogP contribution in [-0.4, -0.2) is 26.3 Å². The summed E-state index contributed by atoms with van der Waals surface area (Å²) in [6.07, 6.45) is 5.01. The molecular weight excluding hydrogens is 224 g/mol. The zero-order chi connectivity index (χ0) is 12.8. The van der Waals surface area contributed by atoms with Gasteiger partial charge < -0.3 is 15.4 Å². The number of anilines is 1. The fraction of sp³-hybridized carbons (Fsp3) is 0.600. The molecule has 0 saturated heterocycles. The lowest BCUT2D eigenvalue weighted by atomic mass is 10.2. The number of ether oxygens (including phenoxy) is 1. The van der Waals surface area contributed by atoms with Crippen molar-refractivity contribution in [1.29, 1.82) is 0 Å². The average molecular weight is 248 g/mol. The van der Waals surface area contributed by atoms with Crippen molar-refractivity contribution in [3.05, 3.63) is 29.8 Å². The van der Waals surface area contributed by atoms with Crippen LogP contribution in [0.4, 0.5) is 5.69 Å². The summed E-state index contributed by atoms with van der Waals surface area (Å²) >= 11 is 0. The SMILES string of the molecule is COCCCCN(c1ccc(CN)cc1)C1CC1. The zero-order valence-electron chi connectivity index (χ0n) is 11.3. The minimum atomic E-state index is 0.623. The Morgan fingerprint density at radius 2 is 1.94 bits per heavy atom. The number of rotatable bonds is 8. The monoisotopic (exact) mass is 248 g/mol. The lowest BCUT2D eigenvalue weighted by molar-refractivity contribution is 0.193. The van der Waals surface area contributed by atoms with E-state index < -0.39 is 0 Å². The highest BCUT2D eigenvalue weighted by molar-refractivity contribution is 5.49. The molecule has 1 aromatic carbocycles. The second-order valence-corrected chi connectivity index (χ2v) is 5.00. The zero-order valence-corrected chi connectivity index (χ0v) is 11.3. The van der Waals surface area contributed by atoms with Crippen LogP contribution in [0.2, 0.25) is 0 Å². The van der Waals surface area contributed by atoms with Crippen LogP contribution < -0.4 is 10.6 Å². The number of hydrogen-bond acceptors (Lipinski definition) is 3. The lowest BCUT2D eigenvalue weighted by Crippen LogP contribution is -2.27. The van der Waals surface area contributed by atoms with Crippen molar-refractivity contribution in [3.8, 4) is 0 Å². The Bertz CT molecular complexity index is 346. The van der Waals surface area contributed by atoms with Gasteiger partial charge in [0.25, 0.3) is 0 Å². The van der Waals surface area contributed by atoms with Crippen LogP contribution in [0.25, 0.3) is 0 Å². The van der Waals surface area contributed by atoms with Crippen LogP contribution in [0.3, 0.4) is 0 Å². The van der Waals surface area contributed by atoms with Crippen molar-refractivity contribution in [2.45, 2.75) is 38.3 Å². The molecule has 0 unspecified atom stereocenters. The highest BCUT2D eigenvalue weighted by atomic mass is 16.5.